The van der Waals surface area contributed by atoms with E-state index in [0.717, 1.165) is 19.0 Å². The number of hydrogen-bond donors (Lipinski definition) is 1. The van der Waals surface area contributed by atoms with Crippen LogP contribution in [0.3, 0.4) is 0 Å². The molecule has 3 unspecified atom stereocenters. The molecule has 0 bridgehead atoms. The van der Waals surface area contributed by atoms with Gasteiger partial charge in [-0.15, -0.1) is 0 Å². The maximum atomic E-state index is 6.18. The summed E-state index contributed by atoms with van der Waals surface area (Å²) >= 11 is 0. The molecule has 0 radical (unpaired) electrons. The Morgan fingerprint density at radius 1 is 1.53 bits per heavy atom. The average molecular weight is 233 g/mol. The van der Waals surface area contributed by atoms with Crippen LogP contribution in [0.1, 0.15) is 38.3 Å². The summed E-state index contributed by atoms with van der Waals surface area (Å²) in [4.78, 5) is 6.74. The lowest BCUT2D eigenvalue weighted by Gasteiger charge is -2.39. The first kappa shape index (κ1) is 12.5. The van der Waals surface area contributed by atoms with Crippen molar-refractivity contribution in [1.29, 1.82) is 0 Å². The lowest BCUT2D eigenvalue weighted by molar-refractivity contribution is 0.116. The third-order valence-corrected chi connectivity index (χ3v) is 3.61. The Kier molecular flexibility index (Phi) is 4.13. The van der Waals surface area contributed by atoms with E-state index in [1.807, 2.05) is 18.5 Å². The average Bonchev–Trinajstić information content (AvgIpc) is 2.30. The molecule has 2 rings (SSSR count). The lowest BCUT2D eigenvalue weighted by atomic mass is 9.94. The quantitative estimate of drug-likeness (QED) is 0.870. The van der Waals surface area contributed by atoms with Gasteiger partial charge in [-0.25, -0.2) is 0 Å². The molecule has 0 aromatic carbocycles. The van der Waals surface area contributed by atoms with Gasteiger partial charge in [0, 0.05) is 25.0 Å². The fourth-order valence-corrected chi connectivity index (χ4v) is 2.88. The largest absolute Gasteiger partial charge is 0.326 e. The van der Waals surface area contributed by atoms with Gasteiger partial charge in [0.15, 0.2) is 0 Å². The minimum absolute atomic E-state index is 0.143. The maximum Gasteiger partial charge on any atom is 0.0511 e. The first-order chi connectivity index (χ1) is 8.18. The summed E-state index contributed by atoms with van der Waals surface area (Å²) in [5.74, 6) is 0.779. The van der Waals surface area contributed by atoms with Crippen molar-refractivity contribution in [1.82, 2.24) is 9.88 Å². The van der Waals surface area contributed by atoms with Crippen molar-refractivity contribution in [3.05, 3.63) is 30.1 Å². The Morgan fingerprint density at radius 3 is 2.94 bits per heavy atom. The molecule has 0 aliphatic carbocycles. The molecule has 3 nitrogen and oxygen atoms in total. The summed E-state index contributed by atoms with van der Waals surface area (Å²) in [6.07, 6.45) is 6.40. The van der Waals surface area contributed by atoms with Gasteiger partial charge in [-0.1, -0.05) is 13.0 Å². The van der Waals surface area contributed by atoms with Crippen molar-refractivity contribution in [3.8, 4) is 0 Å². The number of hydrogen-bond acceptors (Lipinski definition) is 3. The number of likely N-dealkylation sites (tertiary alicyclic amines) is 1. The second-order valence-electron chi connectivity index (χ2n) is 5.33. The van der Waals surface area contributed by atoms with Crippen molar-refractivity contribution < 1.29 is 0 Å². The number of rotatable bonds is 3. The highest BCUT2D eigenvalue weighted by Crippen LogP contribution is 2.28. The maximum absolute atomic E-state index is 6.18. The summed E-state index contributed by atoms with van der Waals surface area (Å²) < 4.78 is 0. The van der Waals surface area contributed by atoms with Crippen LogP contribution in [-0.2, 0) is 0 Å². The van der Waals surface area contributed by atoms with E-state index in [4.69, 9.17) is 5.73 Å². The second-order valence-corrected chi connectivity index (χ2v) is 5.33. The predicted molar refractivity (Wildman–Crippen MR) is 70.6 cm³/mol. The molecule has 1 aliphatic rings. The van der Waals surface area contributed by atoms with Crippen molar-refractivity contribution >= 4 is 0 Å². The number of nitrogens with two attached hydrogens (primary N) is 1. The molecule has 0 spiro atoms. The van der Waals surface area contributed by atoms with Crippen LogP contribution in [0, 0.1) is 5.92 Å². The van der Waals surface area contributed by atoms with Crippen molar-refractivity contribution in [2.45, 2.75) is 38.8 Å². The molecule has 94 valence electrons. The molecule has 2 N–H and O–H groups in total. The zero-order valence-electron chi connectivity index (χ0n) is 10.8. The minimum Gasteiger partial charge on any atom is -0.326 e. The molecule has 1 aromatic rings. The molecule has 1 aliphatic heterocycles. The summed E-state index contributed by atoms with van der Waals surface area (Å²) in [5, 5.41) is 0. The van der Waals surface area contributed by atoms with E-state index in [2.05, 4.69) is 29.8 Å². The standard InChI is InChI=1S/C14H23N3/c1-11-5-4-8-17(10-11)14(12(2)15)13-6-3-7-16-9-13/h3,6-7,9,11-12,14H,4-5,8,10,15H2,1-2H3. The molecule has 1 saturated heterocycles. The van der Waals surface area contributed by atoms with Crippen LogP contribution < -0.4 is 5.73 Å². The fraction of sp³-hybridized carbons (Fsp3) is 0.643. The van der Waals surface area contributed by atoms with Gasteiger partial charge in [-0.05, 0) is 43.9 Å². The Hall–Kier alpha value is -0.930. The van der Waals surface area contributed by atoms with E-state index in [1.54, 1.807) is 0 Å². The summed E-state index contributed by atoms with van der Waals surface area (Å²) in [5.41, 5.74) is 7.42. The SMILES string of the molecule is CC1CCCN(C(c2cccnc2)C(C)N)C1. The molecule has 17 heavy (non-hydrogen) atoms. The molecule has 2 heterocycles. The van der Waals surface area contributed by atoms with Crippen molar-refractivity contribution in [2.75, 3.05) is 13.1 Å². The molecule has 1 aromatic heterocycles. The Morgan fingerprint density at radius 2 is 2.35 bits per heavy atom. The predicted octanol–water partition coefficient (Wildman–Crippen LogP) is 2.20. The molecular weight excluding hydrogens is 210 g/mol. The third kappa shape index (κ3) is 3.05. The van der Waals surface area contributed by atoms with Crippen LogP contribution in [0.2, 0.25) is 0 Å². The highest BCUT2D eigenvalue weighted by Gasteiger charge is 2.27. The molecule has 3 heteroatoms. The smallest absolute Gasteiger partial charge is 0.0511 e. The van der Waals surface area contributed by atoms with Gasteiger partial charge in [0.05, 0.1) is 6.04 Å². The van der Waals surface area contributed by atoms with Crippen LogP contribution in [0.25, 0.3) is 0 Å². The summed E-state index contributed by atoms with van der Waals surface area (Å²) in [7, 11) is 0. The van der Waals surface area contributed by atoms with Gasteiger partial charge in [0.1, 0.15) is 0 Å². The van der Waals surface area contributed by atoms with E-state index in [1.165, 1.54) is 18.4 Å². The van der Waals surface area contributed by atoms with E-state index < -0.39 is 0 Å². The van der Waals surface area contributed by atoms with E-state index in [0.29, 0.717) is 6.04 Å². The van der Waals surface area contributed by atoms with Gasteiger partial charge < -0.3 is 5.73 Å². The Bertz CT molecular complexity index is 337. The summed E-state index contributed by atoms with van der Waals surface area (Å²) in [6, 6.07) is 4.59. The monoisotopic (exact) mass is 233 g/mol. The van der Waals surface area contributed by atoms with Crippen LogP contribution >= 0.6 is 0 Å². The Balaban J connectivity index is 2.17. The fourth-order valence-electron chi connectivity index (χ4n) is 2.88. The first-order valence-corrected chi connectivity index (χ1v) is 6.58. The lowest BCUT2D eigenvalue weighted by Crippen LogP contribution is -2.44. The minimum atomic E-state index is 0.143. The molecule has 3 atom stereocenters. The van der Waals surface area contributed by atoms with Gasteiger partial charge >= 0.3 is 0 Å². The van der Waals surface area contributed by atoms with Gasteiger partial charge in [-0.3, -0.25) is 9.88 Å². The number of piperidine rings is 1. The molecule has 0 saturated carbocycles. The first-order valence-electron chi connectivity index (χ1n) is 6.58. The molecule has 0 amide bonds. The normalized spacial score (nSPS) is 25.5. The van der Waals surface area contributed by atoms with Crippen molar-refractivity contribution in [2.24, 2.45) is 11.7 Å². The van der Waals surface area contributed by atoms with Gasteiger partial charge in [0.25, 0.3) is 0 Å². The van der Waals surface area contributed by atoms with E-state index in [9.17, 15) is 0 Å². The van der Waals surface area contributed by atoms with Crippen LogP contribution in [0.4, 0.5) is 0 Å². The molecular formula is C14H23N3. The topological polar surface area (TPSA) is 42.2 Å². The van der Waals surface area contributed by atoms with Crippen LogP contribution in [0.5, 0.6) is 0 Å². The highest BCUT2D eigenvalue weighted by molar-refractivity contribution is 5.16. The third-order valence-electron chi connectivity index (χ3n) is 3.61. The van der Waals surface area contributed by atoms with Crippen molar-refractivity contribution in [3.63, 3.8) is 0 Å². The Labute approximate surface area is 104 Å². The van der Waals surface area contributed by atoms with E-state index >= 15 is 0 Å². The van der Waals surface area contributed by atoms with Crippen LogP contribution in [-0.4, -0.2) is 29.0 Å². The summed E-state index contributed by atoms with van der Waals surface area (Å²) in [6.45, 7) is 6.73. The number of nitrogens with zero attached hydrogens (tertiary/aromatic N) is 2. The van der Waals surface area contributed by atoms with Gasteiger partial charge in [0.2, 0.25) is 0 Å². The van der Waals surface area contributed by atoms with E-state index in [-0.39, 0.29) is 6.04 Å². The highest BCUT2D eigenvalue weighted by atomic mass is 15.2. The number of aromatic nitrogens is 1. The number of pyridine rings is 1. The van der Waals surface area contributed by atoms with Gasteiger partial charge in [-0.2, -0.15) is 0 Å². The molecule has 1 fully saturated rings. The zero-order valence-corrected chi connectivity index (χ0v) is 10.8. The zero-order chi connectivity index (χ0) is 12.3. The second kappa shape index (κ2) is 5.61. The van der Waals surface area contributed by atoms with Crippen LogP contribution in [0.15, 0.2) is 24.5 Å².